The van der Waals surface area contributed by atoms with Gasteiger partial charge in [0.15, 0.2) is 0 Å². The first-order chi connectivity index (χ1) is 12.0. The molecule has 0 radical (unpaired) electrons. The van der Waals surface area contributed by atoms with Gasteiger partial charge in [0.25, 0.3) is 11.6 Å². The summed E-state index contributed by atoms with van der Waals surface area (Å²) < 4.78 is 2.02. The van der Waals surface area contributed by atoms with Crippen molar-refractivity contribution in [3.8, 4) is 0 Å². The Kier molecular flexibility index (Phi) is 4.47. The van der Waals surface area contributed by atoms with E-state index < -0.39 is 10.8 Å². The summed E-state index contributed by atoms with van der Waals surface area (Å²) in [4.78, 5) is 27.5. The van der Waals surface area contributed by atoms with E-state index >= 15 is 0 Å². The Labute approximate surface area is 144 Å². The van der Waals surface area contributed by atoms with E-state index in [0.717, 1.165) is 16.9 Å². The summed E-state index contributed by atoms with van der Waals surface area (Å²) in [5.74, 6) is 0.421. The first-order valence-corrected chi connectivity index (χ1v) is 7.93. The Bertz CT molecular complexity index is 962. The van der Waals surface area contributed by atoms with Crippen molar-refractivity contribution >= 4 is 22.6 Å². The number of nitrogens with zero attached hydrogens (tertiary/aromatic N) is 3. The zero-order valence-electron chi connectivity index (χ0n) is 14.0. The second-order valence-corrected chi connectivity index (χ2v) is 5.78. The van der Waals surface area contributed by atoms with Gasteiger partial charge < -0.3 is 9.88 Å². The quantitative estimate of drug-likeness (QED) is 0.572. The molecule has 3 rings (SSSR count). The van der Waals surface area contributed by atoms with Crippen LogP contribution in [0.15, 0.2) is 42.5 Å². The van der Waals surface area contributed by atoms with E-state index in [0.29, 0.717) is 18.7 Å². The molecule has 1 heterocycles. The third kappa shape index (κ3) is 3.21. The summed E-state index contributed by atoms with van der Waals surface area (Å²) in [6.07, 6.45) is 0. The molecule has 7 heteroatoms. The second-order valence-electron chi connectivity index (χ2n) is 5.78. The first-order valence-electron chi connectivity index (χ1n) is 7.93. The summed E-state index contributed by atoms with van der Waals surface area (Å²) in [7, 11) is 0. The van der Waals surface area contributed by atoms with Crippen molar-refractivity contribution in [2.24, 2.45) is 0 Å². The number of hydrogen-bond acceptors (Lipinski definition) is 4. The summed E-state index contributed by atoms with van der Waals surface area (Å²) in [5.41, 5.74) is 2.41. The van der Waals surface area contributed by atoms with Crippen molar-refractivity contribution in [3.63, 3.8) is 0 Å². The number of nitro groups is 1. The van der Waals surface area contributed by atoms with Gasteiger partial charge in [0, 0.05) is 19.2 Å². The van der Waals surface area contributed by atoms with Gasteiger partial charge >= 0.3 is 0 Å². The summed E-state index contributed by atoms with van der Waals surface area (Å²) in [5, 5.41) is 13.9. The smallest absolute Gasteiger partial charge is 0.282 e. The largest absolute Gasteiger partial charge is 0.350 e. The number of para-hydroxylation sites is 2. The van der Waals surface area contributed by atoms with Crippen molar-refractivity contribution in [2.45, 2.75) is 20.4 Å². The van der Waals surface area contributed by atoms with E-state index in [1.54, 1.807) is 19.1 Å². The Balaban J connectivity index is 1.75. The van der Waals surface area contributed by atoms with Crippen LogP contribution >= 0.6 is 0 Å². The molecule has 0 fully saturated rings. The van der Waals surface area contributed by atoms with Crippen molar-refractivity contribution in [3.05, 3.63) is 69.5 Å². The standard InChI is InChI=1S/C18H18N4O3/c1-12-6-5-9-16(22(24)25)17(12)18(23)19-10-11-21-13(2)20-14-7-3-4-8-15(14)21/h3-9H,10-11H2,1-2H3,(H,19,23). The summed E-state index contributed by atoms with van der Waals surface area (Å²) in [6.45, 7) is 4.49. The lowest BCUT2D eigenvalue weighted by molar-refractivity contribution is -0.385. The molecular weight excluding hydrogens is 320 g/mol. The molecule has 0 unspecified atom stereocenters. The average Bonchev–Trinajstić information content (AvgIpc) is 2.90. The number of nitrogens with one attached hydrogen (secondary N) is 1. The van der Waals surface area contributed by atoms with E-state index in [-0.39, 0.29) is 11.3 Å². The highest BCUT2D eigenvalue weighted by molar-refractivity contribution is 5.99. The van der Waals surface area contributed by atoms with Crippen LogP contribution in [-0.2, 0) is 6.54 Å². The van der Waals surface area contributed by atoms with E-state index in [2.05, 4.69) is 10.3 Å². The number of benzene rings is 2. The molecule has 1 amide bonds. The van der Waals surface area contributed by atoms with Gasteiger partial charge in [0.05, 0.1) is 16.0 Å². The van der Waals surface area contributed by atoms with Crippen molar-refractivity contribution in [1.29, 1.82) is 0 Å². The number of aryl methyl sites for hydroxylation is 2. The normalized spacial score (nSPS) is 10.8. The van der Waals surface area contributed by atoms with Gasteiger partial charge in [-0.2, -0.15) is 0 Å². The summed E-state index contributed by atoms with van der Waals surface area (Å²) in [6, 6.07) is 12.4. The number of carbonyl (C=O) groups excluding carboxylic acids is 1. The van der Waals surface area contributed by atoms with Crippen molar-refractivity contribution in [1.82, 2.24) is 14.9 Å². The predicted octanol–water partition coefficient (Wildman–Crippen LogP) is 2.99. The monoisotopic (exact) mass is 338 g/mol. The molecule has 0 saturated carbocycles. The van der Waals surface area contributed by atoms with Crippen LogP contribution in [-0.4, -0.2) is 26.9 Å². The maximum Gasteiger partial charge on any atom is 0.282 e. The molecule has 0 spiro atoms. The van der Waals surface area contributed by atoms with Crippen LogP contribution in [0.2, 0.25) is 0 Å². The fourth-order valence-electron chi connectivity index (χ4n) is 2.95. The Morgan fingerprint density at radius 2 is 1.96 bits per heavy atom. The first kappa shape index (κ1) is 16.6. The third-order valence-corrected chi connectivity index (χ3v) is 4.14. The van der Waals surface area contributed by atoms with Crippen molar-refractivity contribution in [2.75, 3.05) is 6.54 Å². The van der Waals surface area contributed by atoms with E-state index in [9.17, 15) is 14.9 Å². The van der Waals surface area contributed by atoms with E-state index in [1.165, 1.54) is 6.07 Å². The minimum absolute atomic E-state index is 0.111. The number of aromatic nitrogens is 2. The lowest BCUT2D eigenvalue weighted by Gasteiger charge is -2.10. The lowest BCUT2D eigenvalue weighted by atomic mass is 10.1. The number of imidazole rings is 1. The molecule has 25 heavy (non-hydrogen) atoms. The number of fused-ring (bicyclic) bond motifs is 1. The summed E-state index contributed by atoms with van der Waals surface area (Å²) >= 11 is 0. The zero-order valence-corrected chi connectivity index (χ0v) is 14.0. The molecule has 0 aliphatic rings. The Hall–Kier alpha value is -3.22. The maximum atomic E-state index is 12.4. The second kappa shape index (κ2) is 6.72. The van der Waals surface area contributed by atoms with Crippen LogP contribution in [0.1, 0.15) is 21.7 Å². The van der Waals surface area contributed by atoms with E-state index in [1.807, 2.05) is 35.8 Å². The van der Waals surface area contributed by atoms with Crippen LogP contribution in [0.25, 0.3) is 11.0 Å². The minimum Gasteiger partial charge on any atom is -0.350 e. The predicted molar refractivity (Wildman–Crippen MR) is 94.6 cm³/mol. The highest BCUT2D eigenvalue weighted by atomic mass is 16.6. The van der Waals surface area contributed by atoms with Gasteiger partial charge in [-0.15, -0.1) is 0 Å². The average molecular weight is 338 g/mol. The van der Waals surface area contributed by atoms with Gasteiger partial charge in [0.2, 0.25) is 0 Å². The number of hydrogen-bond donors (Lipinski definition) is 1. The van der Waals surface area contributed by atoms with E-state index in [4.69, 9.17) is 0 Å². The number of rotatable bonds is 5. The number of carbonyl (C=O) groups is 1. The van der Waals surface area contributed by atoms with Crippen LogP contribution in [0, 0.1) is 24.0 Å². The molecule has 1 aromatic heterocycles. The highest BCUT2D eigenvalue weighted by Crippen LogP contribution is 2.21. The van der Waals surface area contributed by atoms with Gasteiger partial charge in [-0.25, -0.2) is 4.98 Å². The number of nitro benzene ring substituents is 1. The minimum atomic E-state index is -0.532. The van der Waals surface area contributed by atoms with Crippen LogP contribution in [0.5, 0.6) is 0 Å². The molecule has 3 aromatic rings. The molecule has 1 N–H and O–H groups in total. The highest BCUT2D eigenvalue weighted by Gasteiger charge is 2.21. The molecule has 0 aliphatic heterocycles. The lowest BCUT2D eigenvalue weighted by Crippen LogP contribution is -2.28. The Morgan fingerprint density at radius 3 is 2.72 bits per heavy atom. The molecule has 0 aliphatic carbocycles. The fraction of sp³-hybridized carbons (Fsp3) is 0.222. The molecule has 0 atom stereocenters. The van der Waals surface area contributed by atoms with Gasteiger partial charge in [-0.3, -0.25) is 14.9 Å². The molecular formula is C18H18N4O3. The van der Waals surface area contributed by atoms with Gasteiger partial charge in [-0.1, -0.05) is 24.3 Å². The molecule has 2 aromatic carbocycles. The van der Waals surface area contributed by atoms with Crippen LogP contribution in [0.3, 0.4) is 0 Å². The van der Waals surface area contributed by atoms with Crippen molar-refractivity contribution < 1.29 is 9.72 Å². The number of amides is 1. The molecule has 0 saturated heterocycles. The molecule has 0 bridgehead atoms. The Morgan fingerprint density at radius 1 is 1.20 bits per heavy atom. The molecule has 7 nitrogen and oxygen atoms in total. The SMILES string of the molecule is Cc1cccc([N+](=O)[O-])c1C(=O)NCCn1c(C)nc2ccccc21. The zero-order chi connectivity index (χ0) is 18.0. The van der Waals surface area contributed by atoms with Crippen LogP contribution in [0.4, 0.5) is 5.69 Å². The van der Waals surface area contributed by atoms with Crippen LogP contribution < -0.4 is 5.32 Å². The van der Waals surface area contributed by atoms with Gasteiger partial charge in [0.1, 0.15) is 11.4 Å². The third-order valence-electron chi connectivity index (χ3n) is 4.14. The topological polar surface area (TPSA) is 90.1 Å². The maximum absolute atomic E-state index is 12.4. The van der Waals surface area contributed by atoms with Gasteiger partial charge in [-0.05, 0) is 31.5 Å². The molecule has 128 valence electrons. The fourth-order valence-corrected chi connectivity index (χ4v) is 2.95.